The molecule has 0 unspecified atom stereocenters. The number of carbonyl (C=O) groups is 1. The Bertz CT molecular complexity index is 745. The second kappa shape index (κ2) is 7.83. The smallest absolute Gasteiger partial charge is 0.233 e. The Morgan fingerprint density at radius 1 is 1.04 bits per heavy atom. The van der Waals surface area contributed by atoms with Gasteiger partial charge in [-0.3, -0.25) is 4.79 Å². The minimum absolute atomic E-state index is 0.0213. The molecule has 0 bridgehead atoms. The zero-order valence-electron chi connectivity index (χ0n) is 14.7. The third-order valence-corrected chi connectivity index (χ3v) is 5.24. The van der Waals surface area contributed by atoms with Crippen molar-refractivity contribution in [3.63, 3.8) is 0 Å². The molecule has 0 radical (unpaired) electrons. The lowest BCUT2D eigenvalue weighted by Crippen LogP contribution is -2.33. The van der Waals surface area contributed by atoms with Gasteiger partial charge in [0.25, 0.3) is 0 Å². The second-order valence-corrected chi connectivity index (χ2v) is 7.62. The average Bonchev–Trinajstić information content (AvgIpc) is 2.63. The van der Waals surface area contributed by atoms with E-state index in [9.17, 15) is 4.79 Å². The maximum atomic E-state index is 12.5. The summed E-state index contributed by atoms with van der Waals surface area (Å²) in [6.45, 7) is 7.09. The van der Waals surface area contributed by atoms with Crippen LogP contribution < -0.4 is 14.8 Å². The van der Waals surface area contributed by atoms with Gasteiger partial charge in [-0.1, -0.05) is 23.8 Å². The molecule has 0 saturated carbocycles. The number of rotatable bonds is 5. The van der Waals surface area contributed by atoms with E-state index in [2.05, 4.69) is 24.4 Å². The van der Waals surface area contributed by atoms with E-state index in [-0.39, 0.29) is 17.2 Å². The number of benzene rings is 2. The minimum Gasteiger partial charge on any atom is -0.486 e. The largest absolute Gasteiger partial charge is 0.486 e. The molecule has 4 nitrogen and oxygen atoms in total. The molecular formula is C20H23NO3S. The van der Waals surface area contributed by atoms with Crippen LogP contribution in [-0.2, 0) is 4.79 Å². The summed E-state index contributed by atoms with van der Waals surface area (Å²) in [5, 5.41) is 2.91. The molecule has 1 aliphatic heterocycles. The maximum absolute atomic E-state index is 12.5. The standard InChI is InChI=1S/C20H23NO3S/c1-13-4-7-17(8-5-13)25-15(3)20(22)21-14(2)16-6-9-18-19(12-16)24-11-10-23-18/h4-9,12,14-15H,10-11H2,1-3H3,(H,21,22)/t14-,15+/m0/s1. The van der Waals surface area contributed by atoms with E-state index in [0.29, 0.717) is 13.2 Å². The van der Waals surface area contributed by atoms with Crippen molar-refractivity contribution in [1.29, 1.82) is 0 Å². The van der Waals surface area contributed by atoms with Gasteiger partial charge >= 0.3 is 0 Å². The maximum Gasteiger partial charge on any atom is 0.233 e. The lowest BCUT2D eigenvalue weighted by Gasteiger charge is -2.22. The molecule has 1 amide bonds. The van der Waals surface area contributed by atoms with Crippen molar-refractivity contribution in [1.82, 2.24) is 5.32 Å². The summed E-state index contributed by atoms with van der Waals surface area (Å²) in [5.74, 6) is 1.52. The number of hydrogen-bond acceptors (Lipinski definition) is 4. The van der Waals surface area contributed by atoms with Crippen molar-refractivity contribution >= 4 is 17.7 Å². The van der Waals surface area contributed by atoms with Gasteiger partial charge in [-0.2, -0.15) is 0 Å². The summed E-state index contributed by atoms with van der Waals surface area (Å²) in [7, 11) is 0. The van der Waals surface area contributed by atoms with E-state index in [4.69, 9.17) is 9.47 Å². The van der Waals surface area contributed by atoms with Gasteiger partial charge in [0, 0.05) is 4.90 Å². The van der Waals surface area contributed by atoms with Crippen molar-refractivity contribution in [2.75, 3.05) is 13.2 Å². The zero-order chi connectivity index (χ0) is 17.8. The Hall–Kier alpha value is -2.14. The molecule has 0 fully saturated rings. The highest BCUT2D eigenvalue weighted by molar-refractivity contribution is 8.00. The summed E-state index contributed by atoms with van der Waals surface area (Å²) in [6.07, 6.45) is 0. The van der Waals surface area contributed by atoms with Crippen LogP contribution >= 0.6 is 11.8 Å². The van der Waals surface area contributed by atoms with E-state index in [0.717, 1.165) is 22.0 Å². The van der Waals surface area contributed by atoms with Gasteiger partial charge in [-0.05, 0) is 50.6 Å². The molecule has 1 heterocycles. The lowest BCUT2D eigenvalue weighted by molar-refractivity contribution is -0.120. The zero-order valence-corrected chi connectivity index (χ0v) is 15.6. The molecule has 0 saturated heterocycles. The number of carbonyl (C=O) groups excluding carboxylic acids is 1. The Labute approximate surface area is 152 Å². The van der Waals surface area contributed by atoms with Crippen LogP contribution in [0.2, 0.25) is 0 Å². The second-order valence-electron chi connectivity index (χ2n) is 6.21. The quantitative estimate of drug-likeness (QED) is 0.818. The van der Waals surface area contributed by atoms with E-state index in [1.165, 1.54) is 5.56 Å². The molecule has 0 aliphatic carbocycles. The molecule has 3 rings (SSSR count). The molecule has 1 aliphatic rings. The molecule has 1 N–H and O–H groups in total. The van der Waals surface area contributed by atoms with Gasteiger partial charge < -0.3 is 14.8 Å². The van der Waals surface area contributed by atoms with Crippen molar-refractivity contribution < 1.29 is 14.3 Å². The topological polar surface area (TPSA) is 47.6 Å². The SMILES string of the molecule is Cc1ccc(S[C@H](C)C(=O)N[C@@H](C)c2ccc3c(c2)OCCO3)cc1. The predicted molar refractivity (Wildman–Crippen MR) is 100 cm³/mol. The monoisotopic (exact) mass is 357 g/mol. The van der Waals surface area contributed by atoms with Crippen LogP contribution in [0.1, 0.15) is 31.0 Å². The van der Waals surface area contributed by atoms with Crippen LogP contribution in [-0.4, -0.2) is 24.4 Å². The highest BCUT2D eigenvalue weighted by atomic mass is 32.2. The fourth-order valence-electron chi connectivity index (χ4n) is 2.62. The van der Waals surface area contributed by atoms with Gasteiger partial charge in [0.1, 0.15) is 13.2 Å². The average molecular weight is 357 g/mol. The van der Waals surface area contributed by atoms with Gasteiger partial charge in [0.05, 0.1) is 11.3 Å². The first-order valence-electron chi connectivity index (χ1n) is 8.46. The Kier molecular flexibility index (Phi) is 5.53. The summed E-state index contributed by atoms with van der Waals surface area (Å²) in [5.41, 5.74) is 2.22. The first-order chi connectivity index (χ1) is 12.0. The van der Waals surface area contributed by atoms with E-state index < -0.39 is 0 Å². The Morgan fingerprint density at radius 2 is 1.72 bits per heavy atom. The highest BCUT2D eigenvalue weighted by Gasteiger charge is 2.19. The summed E-state index contributed by atoms with van der Waals surface area (Å²) in [6, 6.07) is 13.9. The number of nitrogens with one attached hydrogen (secondary N) is 1. The van der Waals surface area contributed by atoms with Gasteiger partial charge in [-0.25, -0.2) is 0 Å². The summed E-state index contributed by atoms with van der Waals surface area (Å²) in [4.78, 5) is 13.6. The van der Waals surface area contributed by atoms with Crippen LogP contribution in [0.4, 0.5) is 0 Å². The van der Waals surface area contributed by atoms with Gasteiger partial charge in [-0.15, -0.1) is 11.8 Å². The molecule has 25 heavy (non-hydrogen) atoms. The Balaban J connectivity index is 1.60. The van der Waals surface area contributed by atoms with Crippen LogP contribution in [0.15, 0.2) is 47.4 Å². The molecule has 2 aromatic rings. The summed E-state index contributed by atoms with van der Waals surface area (Å²) >= 11 is 1.56. The molecule has 132 valence electrons. The number of hydrogen-bond donors (Lipinski definition) is 1. The van der Waals surface area contributed by atoms with Crippen molar-refractivity contribution in [3.05, 3.63) is 53.6 Å². The fourth-order valence-corrected chi connectivity index (χ4v) is 3.49. The third kappa shape index (κ3) is 4.48. The van der Waals surface area contributed by atoms with Gasteiger partial charge in [0.2, 0.25) is 5.91 Å². The number of aryl methyl sites for hydroxylation is 1. The molecule has 2 atom stereocenters. The fraction of sp³-hybridized carbons (Fsp3) is 0.350. The number of amides is 1. The normalized spacial score (nSPS) is 15.3. The van der Waals surface area contributed by atoms with Crippen LogP contribution in [0.25, 0.3) is 0 Å². The number of thioether (sulfide) groups is 1. The van der Waals surface area contributed by atoms with E-state index >= 15 is 0 Å². The predicted octanol–water partition coefficient (Wildman–Crippen LogP) is 4.12. The lowest BCUT2D eigenvalue weighted by atomic mass is 10.1. The molecule has 0 spiro atoms. The third-order valence-electron chi connectivity index (χ3n) is 4.13. The number of fused-ring (bicyclic) bond motifs is 1. The molecule has 5 heteroatoms. The first-order valence-corrected chi connectivity index (χ1v) is 9.34. The van der Waals surface area contributed by atoms with Crippen molar-refractivity contribution in [3.8, 4) is 11.5 Å². The Morgan fingerprint density at radius 3 is 2.44 bits per heavy atom. The van der Waals surface area contributed by atoms with E-state index in [1.54, 1.807) is 11.8 Å². The molecule has 0 aromatic heterocycles. The van der Waals surface area contributed by atoms with Crippen LogP contribution in [0.5, 0.6) is 11.5 Å². The van der Waals surface area contributed by atoms with Crippen molar-refractivity contribution in [2.45, 2.75) is 37.0 Å². The first kappa shape index (κ1) is 17.7. The highest BCUT2D eigenvalue weighted by Crippen LogP contribution is 2.32. The molecule has 2 aromatic carbocycles. The van der Waals surface area contributed by atoms with Crippen LogP contribution in [0, 0.1) is 6.92 Å². The summed E-state index contributed by atoms with van der Waals surface area (Å²) < 4.78 is 11.2. The van der Waals surface area contributed by atoms with Crippen LogP contribution in [0.3, 0.4) is 0 Å². The van der Waals surface area contributed by atoms with Crippen molar-refractivity contribution in [2.24, 2.45) is 0 Å². The van der Waals surface area contributed by atoms with Gasteiger partial charge in [0.15, 0.2) is 11.5 Å². The molecular weight excluding hydrogens is 334 g/mol. The number of ether oxygens (including phenoxy) is 2. The van der Waals surface area contributed by atoms with E-state index in [1.807, 2.05) is 44.2 Å². The minimum atomic E-state index is -0.164.